The van der Waals surface area contributed by atoms with Gasteiger partial charge in [-0.25, -0.2) is 4.98 Å². The van der Waals surface area contributed by atoms with Gasteiger partial charge in [-0.3, -0.25) is 9.36 Å². The fourth-order valence-corrected chi connectivity index (χ4v) is 6.11. The smallest absolute Gasteiger partial charge is 0.258 e. The highest BCUT2D eigenvalue weighted by molar-refractivity contribution is 7.99. The van der Waals surface area contributed by atoms with Gasteiger partial charge in [0.05, 0.1) is 24.4 Å². The molecule has 160 valence electrons. The van der Waals surface area contributed by atoms with Crippen molar-refractivity contribution in [3.05, 3.63) is 81.6 Å². The Bertz CT molecular complexity index is 1130. The van der Waals surface area contributed by atoms with Crippen LogP contribution in [0.1, 0.15) is 48.8 Å². The zero-order valence-electron chi connectivity index (χ0n) is 17.7. The molecule has 0 saturated heterocycles. The van der Waals surface area contributed by atoms with Gasteiger partial charge >= 0.3 is 0 Å². The standard InChI is InChI=1S/C26H28N2O2S/c29-15-16-31-25-27-23-21-12-6-5-11-20(21)17-26(13-7-2-8-14-26)22(23)24(30)28(25)18-19-9-3-1-4-10-19/h1,3-6,9-12,29H,2,7-8,13-18H2. The van der Waals surface area contributed by atoms with E-state index in [1.165, 1.54) is 36.6 Å². The Morgan fingerprint density at radius 1 is 1.00 bits per heavy atom. The van der Waals surface area contributed by atoms with Crippen LogP contribution in [0.3, 0.4) is 0 Å². The van der Waals surface area contributed by atoms with E-state index in [0.717, 1.165) is 41.6 Å². The summed E-state index contributed by atoms with van der Waals surface area (Å²) in [5, 5.41) is 10.1. The summed E-state index contributed by atoms with van der Waals surface area (Å²) < 4.78 is 1.85. The van der Waals surface area contributed by atoms with Crippen molar-refractivity contribution < 1.29 is 5.11 Å². The van der Waals surface area contributed by atoms with Crippen molar-refractivity contribution in [1.29, 1.82) is 0 Å². The van der Waals surface area contributed by atoms with E-state index >= 15 is 0 Å². The van der Waals surface area contributed by atoms with Crippen molar-refractivity contribution in [2.75, 3.05) is 12.4 Å². The Labute approximate surface area is 187 Å². The van der Waals surface area contributed by atoms with Crippen LogP contribution in [-0.4, -0.2) is 27.0 Å². The van der Waals surface area contributed by atoms with Gasteiger partial charge in [-0.05, 0) is 30.4 Å². The first-order valence-electron chi connectivity index (χ1n) is 11.2. The number of rotatable bonds is 5. The van der Waals surface area contributed by atoms with E-state index in [2.05, 4.69) is 30.3 Å². The van der Waals surface area contributed by atoms with Crippen LogP contribution in [0.25, 0.3) is 11.3 Å². The summed E-state index contributed by atoms with van der Waals surface area (Å²) in [5.41, 5.74) is 5.29. The summed E-state index contributed by atoms with van der Waals surface area (Å²) in [5.74, 6) is 0.521. The van der Waals surface area contributed by atoms with E-state index in [4.69, 9.17) is 4.98 Å². The number of hydrogen-bond acceptors (Lipinski definition) is 4. The predicted octanol–water partition coefficient (Wildman–Crippen LogP) is 4.80. The topological polar surface area (TPSA) is 55.1 Å². The van der Waals surface area contributed by atoms with Crippen molar-refractivity contribution in [3.8, 4) is 11.3 Å². The van der Waals surface area contributed by atoms with Crippen LogP contribution in [0.4, 0.5) is 0 Å². The molecular weight excluding hydrogens is 404 g/mol. The Morgan fingerprint density at radius 3 is 2.52 bits per heavy atom. The highest BCUT2D eigenvalue weighted by Gasteiger charge is 2.43. The molecule has 0 bridgehead atoms. The number of hydrogen-bond donors (Lipinski definition) is 1. The van der Waals surface area contributed by atoms with Gasteiger partial charge in [0.15, 0.2) is 5.16 Å². The quantitative estimate of drug-likeness (QED) is 0.465. The van der Waals surface area contributed by atoms with Gasteiger partial charge in [0.25, 0.3) is 5.56 Å². The molecule has 1 heterocycles. The average molecular weight is 433 g/mol. The minimum absolute atomic E-state index is 0.0590. The van der Waals surface area contributed by atoms with Gasteiger partial charge in [-0.1, -0.05) is 85.6 Å². The van der Waals surface area contributed by atoms with Gasteiger partial charge < -0.3 is 5.11 Å². The van der Waals surface area contributed by atoms with Gasteiger partial charge in [0.1, 0.15) is 0 Å². The van der Waals surface area contributed by atoms with E-state index in [-0.39, 0.29) is 17.6 Å². The maximum atomic E-state index is 14.1. The van der Waals surface area contributed by atoms with Crippen LogP contribution in [0.5, 0.6) is 0 Å². The lowest BCUT2D eigenvalue weighted by molar-refractivity contribution is 0.282. The van der Waals surface area contributed by atoms with Crippen LogP contribution in [-0.2, 0) is 18.4 Å². The molecule has 1 aromatic heterocycles. The molecule has 0 amide bonds. The van der Waals surface area contributed by atoms with Crippen LogP contribution >= 0.6 is 11.8 Å². The van der Waals surface area contributed by atoms with E-state index in [1.807, 2.05) is 28.8 Å². The molecule has 31 heavy (non-hydrogen) atoms. The van der Waals surface area contributed by atoms with E-state index in [9.17, 15) is 9.90 Å². The van der Waals surface area contributed by atoms with Crippen molar-refractivity contribution >= 4 is 11.8 Å². The largest absolute Gasteiger partial charge is 0.396 e. The maximum Gasteiger partial charge on any atom is 0.258 e. The van der Waals surface area contributed by atoms with E-state index in [0.29, 0.717) is 17.5 Å². The lowest BCUT2D eigenvalue weighted by Gasteiger charge is -2.42. The molecule has 1 N–H and O–H groups in total. The molecule has 3 aromatic rings. The normalized spacial score (nSPS) is 16.7. The molecule has 4 nitrogen and oxygen atoms in total. The summed E-state index contributed by atoms with van der Waals surface area (Å²) in [6, 6.07) is 18.6. The number of thioether (sulfide) groups is 1. The summed E-state index contributed by atoms with van der Waals surface area (Å²) in [6.07, 6.45) is 6.62. The van der Waals surface area contributed by atoms with Crippen LogP contribution in [0.15, 0.2) is 64.5 Å². The Balaban J connectivity index is 1.74. The van der Waals surface area contributed by atoms with Crippen LogP contribution < -0.4 is 5.56 Å². The second-order valence-corrected chi connectivity index (χ2v) is 9.80. The lowest BCUT2D eigenvalue weighted by Crippen LogP contribution is -2.43. The van der Waals surface area contributed by atoms with Gasteiger partial charge in [-0.2, -0.15) is 0 Å². The van der Waals surface area contributed by atoms with E-state index in [1.54, 1.807) is 0 Å². The molecule has 0 radical (unpaired) electrons. The van der Waals surface area contributed by atoms with Crippen LogP contribution in [0.2, 0.25) is 0 Å². The van der Waals surface area contributed by atoms with E-state index < -0.39 is 0 Å². The number of benzene rings is 2. The average Bonchev–Trinajstić information content (AvgIpc) is 2.80. The van der Waals surface area contributed by atoms with Crippen LogP contribution in [0, 0.1) is 0 Å². The SMILES string of the molecule is O=c1c2c(nc(SCCO)n1Cc1ccccc1)-c1ccccc1CC21CCCCC1. The molecular formula is C26H28N2O2S. The zero-order valence-corrected chi connectivity index (χ0v) is 18.5. The third-order valence-corrected chi connectivity index (χ3v) is 7.74. The third-order valence-electron chi connectivity index (χ3n) is 6.78. The molecule has 1 fully saturated rings. The fourth-order valence-electron chi connectivity index (χ4n) is 5.37. The predicted molar refractivity (Wildman–Crippen MR) is 126 cm³/mol. The highest BCUT2D eigenvalue weighted by Crippen LogP contribution is 2.48. The number of aliphatic hydroxyl groups excluding tert-OH is 1. The summed E-state index contributed by atoms with van der Waals surface area (Å²) in [7, 11) is 0. The molecule has 5 heteroatoms. The second-order valence-electron chi connectivity index (χ2n) is 8.74. The van der Waals surface area contributed by atoms with Gasteiger partial charge in [0, 0.05) is 16.7 Å². The molecule has 0 aliphatic heterocycles. The Morgan fingerprint density at radius 2 is 1.74 bits per heavy atom. The molecule has 5 rings (SSSR count). The number of fused-ring (bicyclic) bond motifs is 4. The molecule has 2 aliphatic rings. The van der Waals surface area contributed by atoms with Gasteiger partial charge in [0.2, 0.25) is 0 Å². The lowest BCUT2D eigenvalue weighted by atomic mass is 9.62. The molecule has 1 saturated carbocycles. The van der Waals surface area contributed by atoms with Crippen molar-refractivity contribution in [2.45, 2.75) is 55.6 Å². The number of aliphatic hydroxyl groups is 1. The number of nitrogens with zero attached hydrogens (tertiary/aromatic N) is 2. The molecule has 2 aliphatic carbocycles. The molecule has 0 atom stereocenters. The first-order valence-corrected chi connectivity index (χ1v) is 12.2. The summed E-state index contributed by atoms with van der Waals surface area (Å²) in [6.45, 7) is 0.564. The number of aromatic nitrogens is 2. The maximum absolute atomic E-state index is 14.1. The highest BCUT2D eigenvalue weighted by atomic mass is 32.2. The molecule has 2 aromatic carbocycles. The van der Waals surface area contributed by atoms with Crippen molar-refractivity contribution in [3.63, 3.8) is 0 Å². The monoisotopic (exact) mass is 432 g/mol. The van der Waals surface area contributed by atoms with Gasteiger partial charge in [-0.15, -0.1) is 0 Å². The second kappa shape index (κ2) is 8.64. The first-order chi connectivity index (χ1) is 15.2. The molecule has 1 spiro atoms. The minimum atomic E-state index is -0.107. The summed E-state index contributed by atoms with van der Waals surface area (Å²) in [4.78, 5) is 19.2. The molecule has 0 unspecified atom stereocenters. The Hall–Kier alpha value is -2.37. The summed E-state index contributed by atoms with van der Waals surface area (Å²) >= 11 is 1.46. The Kier molecular flexibility index (Phi) is 5.72. The first kappa shape index (κ1) is 20.5. The fraction of sp³-hybridized carbons (Fsp3) is 0.385. The van der Waals surface area contributed by atoms with Crippen molar-refractivity contribution in [1.82, 2.24) is 9.55 Å². The minimum Gasteiger partial charge on any atom is -0.396 e. The van der Waals surface area contributed by atoms with Crippen molar-refractivity contribution in [2.24, 2.45) is 0 Å². The third kappa shape index (κ3) is 3.74. The zero-order chi connectivity index (χ0) is 21.3.